The average Bonchev–Trinajstić information content (AvgIpc) is 3.54. The molecular formula is C28H38N4O. The minimum Gasteiger partial charge on any atom is -0.381 e. The molecule has 3 aliphatic heterocycles. The lowest BCUT2D eigenvalue weighted by molar-refractivity contribution is 0.0639. The number of rotatable bonds is 10. The number of hydrogen-bond acceptors (Lipinski definition) is 5. The molecule has 0 spiro atoms. The molecule has 2 saturated heterocycles. The zero-order chi connectivity index (χ0) is 22.3. The molecule has 176 valence electrons. The summed E-state index contributed by atoms with van der Waals surface area (Å²) in [5.74, 6) is 1.72. The first-order chi connectivity index (χ1) is 16.3. The van der Waals surface area contributed by atoms with Crippen LogP contribution in [0.1, 0.15) is 78.7 Å². The third-order valence-electron chi connectivity index (χ3n) is 7.54. The highest BCUT2D eigenvalue weighted by molar-refractivity contribution is 5.86. The molecule has 0 unspecified atom stereocenters. The summed E-state index contributed by atoms with van der Waals surface area (Å²) in [7, 11) is 0. The predicted molar refractivity (Wildman–Crippen MR) is 133 cm³/mol. The summed E-state index contributed by atoms with van der Waals surface area (Å²) in [5.41, 5.74) is 6.71. The van der Waals surface area contributed by atoms with E-state index in [1.54, 1.807) is 0 Å². The number of aromatic nitrogens is 2. The Morgan fingerprint density at radius 3 is 2.79 bits per heavy atom. The van der Waals surface area contributed by atoms with Crippen molar-refractivity contribution in [2.24, 2.45) is 10.9 Å². The van der Waals surface area contributed by atoms with Gasteiger partial charge in [0, 0.05) is 43.3 Å². The van der Waals surface area contributed by atoms with Gasteiger partial charge < -0.3 is 9.64 Å². The maximum absolute atomic E-state index is 5.50. The lowest BCUT2D eigenvalue weighted by atomic mass is 9.94. The largest absolute Gasteiger partial charge is 0.381 e. The van der Waals surface area contributed by atoms with E-state index in [0.717, 1.165) is 50.8 Å². The van der Waals surface area contributed by atoms with Crippen molar-refractivity contribution in [2.75, 3.05) is 32.8 Å². The maximum Gasteiger partial charge on any atom is 0.132 e. The zero-order valence-corrected chi connectivity index (χ0v) is 20.0. The van der Waals surface area contributed by atoms with Crippen molar-refractivity contribution in [1.29, 1.82) is 0 Å². The highest BCUT2D eigenvalue weighted by atomic mass is 16.5. The van der Waals surface area contributed by atoms with Crippen LogP contribution in [0.5, 0.6) is 0 Å². The number of likely N-dealkylation sites (tertiary alicyclic amines) is 1. The van der Waals surface area contributed by atoms with Crippen molar-refractivity contribution in [3.63, 3.8) is 0 Å². The van der Waals surface area contributed by atoms with Gasteiger partial charge in [0.1, 0.15) is 5.82 Å². The molecule has 5 nitrogen and oxygen atoms in total. The van der Waals surface area contributed by atoms with Gasteiger partial charge in [-0.1, -0.05) is 12.1 Å². The summed E-state index contributed by atoms with van der Waals surface area (Å²) in [6.07, 6.45) is 15.9. The third-order valence-corrected chi connectivity index (χ3v) is 7.54. The van der Waals surface area contributed by atoms with Crippen LogP contribution in [0.25, 0.3) is 0 Å². The molecule has 0 saturated carbocycles. The van der Waals surface area contributed by atoms with E-state index in [-0.39, 0.29) is 0 Å². The summed E-state index contributed by atoms with van der Waals surface area (Å²) in [6.45, 7) is 6.50. The van der Waals surface area contributed by atoms with Crippen molar-refractivity contribution < 1.29 is 4.74 Å². The minimum absolute atomic E-state index is 0.780. The quantitative estimate of drug-likeness (QED) is 0.493. The third kappa shape index (κ3) is 6.27. The van der Waals surface area contributed by atoms with Crippen LogP contribution in [0.2, 0.25) is 0 Å². The van der Waals surface area contributed by atoms with E-state index >= 15 is 0 Å². The number of unbranched alkanes of at least 4 members (excludes halogenated alkanes) is 1. The second kappa shape index (κ2) is 11.3. The highest BCUT2D eigenvalue weighted by Gasteiger charge is 2.16. The van der Waals surface area contributed by atoms with Gasteiger partial charge in [-0.25, -0.2) is 9.97 Å². The second-order valence-electron chi connectivity index (χ2n) is 10.0. The monoisotopic (exact) mass is 446 g/mol. The van der Waals surface area contributed by atoms with E-state index < -0.39 is 0 Å². The van der Waals surface area contributed by atoms with E-state index in [9.17, 15) is 0 Å². The average molecular weight is 447 g/mol. The molecule has 2 aromatic rings. The minimum atomic E-state index is 0.780. The zero-order valence-electron chi connectivity index (χ0n) is 20.0. The number of fused-ring (bicyclic) bond motifs is 1. The molecule has 5 rings (SSSR count). The van der Waals surface area contributed by atoms with Gasteiger partial charge in [0.25, 0.3) is 0 Å². The fourth-order valence-electron chi connectivity index (χ4n) is 5.58. The fraction of sp³-hybridized carbons (Fsp3) is 0.607. The molecule has 33 heavy (non-hydrogen) atoms. The normalized spacial score (nSPS) is 18.8. The first-order valence-corrected chi connectivity index (χ1v) is 13.1. The molecule has 0 N–H and O–H groups in total. The van der Waals surface area contributed by atoms with Crippen LogP contribution in [-0.2, 0) is 30.5 Å². The molecule has 3 aliphatic rings. The topological polar surface area (TPSA) is 50.6 Å². The van der Waals surface area contributed by atoms with Crippen LogP contribution >= 0.6 is 0 Å². The standard InChI is InChI=1S/C28H38N4O/c1(2-12-32-13-3-4-14-32)5-24-17-23(18-25-20-29-21-27(24)25)19-28-30-11-8-26(31-28)7-6-22-9-15-33-16-10-22/h8,11,17-18,21-22H,1-7,9-10,12-16,19-20H2. The summed E-state index contributed by atoms with van der Waals surface area (Å²) in [4.78, 5) is 16.7. The van der Waals surface area contributed by atoms with Crippen molar-refractivity contribution in [3.8, 4) is 0 Å². The van der Waals surface area contributed by atoms with E-state index in [0.29, 0.717) is 0 Å². The van der Waals surface area contributed by atoms with Crippen LogP contribution in [-0.4, -0.2) is 53.9 Å². The molecule has 0 bridgehead atoms. The van der Waals surface area contributed by atoms with E-state index in [4.69, 9.17) is 9.72 Å². The number of nitrogens with zero attached hydrogens (tertiary/aromatic N) is 4. The Morgan fingerprint density at radius 1 is 1.03 bits per heavy atom. The van der Waals surface area contributed by atoms with Crippen LogP contribution in [0, 0.1) is 5.92 Å². The van der Waals surface area contributed by atoms with E-state index in [1.165, 1.54) is 92.5 Å². The molecule has 1 aromatic carbocycles. The maximum atomic E-state index is 5.50. The Morgan fingerprint density at radius 2 is 1.91 bits per heavy atom. The van der Waals surface area contributed by atoms with Gasteiger partial charge >= 0.3 is 0 Å². The fourth-order valence-corrected chi connectivity index (χ4v) is 5.58. The van der Waals surface area contributed by atoms with Crippen LogP contribution < -0.4 is 0 Å². The molecular weight excluding hydrogens is 408 g/mol. The van der Waals surface area contributed by atoms with Crippen molar-refractivity contribution in [2.45, 2.75) is 70.8 Å². The smallest absolute Gasteiger partial charge is 0.132 e. The van der Waals surface area contributed by atoms with E-state index in [2.05, 4.69) is 39.3 Å². The SMILES string of the molecule is C1=NCc2cc(Cc3nccc(CCC4CCOCC4)n3)cc(CCCCN3CCCC3)c21. The summed E-state index contributed by atoms with van der Waals surface area (Å²) >= 11 is 0. The molecule has 4 heterocycles. The number of benzene rings is 1. The Hall–Kier alpha value is -2.11. The Balaban J connectivity index is 1.19. The molecule has 0 amide bonds. The molecule has 0 aliphatic carbocycles. The lowest BCUT2D eigenvalue weighted by Crippen LogP contribution is -2.20. The van der Waals surface area contributed by atoms with Gasteiger partial charge in [0.05, 0.1) is 6.54 Å². The Bertz CT molecular complexity index is 945. The van der Waals surface area contributed by atoms with Crippen molar-refractivity contribution >= 4 is 6.21 Å². The van der Waals surface area contributed by atoms with Crippen molar-refractivity contribution in [3.05, 3.63) is 58.2 Å². The summed E-state index contributed by atoms with van der Waals surface area (Å²) in [5, 5.41) is 0. The molecule has 0 radical (unpaired) electrons. The van der Waals surface area contributed by atoms with Gasteiger partial charge in [0.15, 0.2) is 0 Å². The first kappa shape index (κ1) is 22.7. The number of ether oxygens (including phenoxy) is 1. The van der Waals surface area contributed by atoms with Gasteiger partial charge in [-0.15, -0.1) is 0 Å². The van der Waals surface area contributed by atoms with Crippen molar-refractivity contribution in [1.82, 2.24) is 14.9 Å². The van der Waals surface area contributed by atoms with Crippen LogP contribution in [0.3, 0.4) is 0 Å². The highest BCUT2D eigenvalue weighted by Crippen LogP contribution is 2.25. The number of aliphatic imine (C=N–C) groups is 1. The summed E-state index contributed by atoms with van der Waals surface area (Å²) < 4.78 is 5.50. The number of aryl methyl sites for hydroxylation is 2. The van der Waals surface area contributed by atoms with E-state index in [1.807, 2.05) is 6.20 Å². The molecule has 2 fully saturated rings. The molecule has 5 heteroatoms. The predicted octanol–water partition coefficient (Wildman–Crippen LogP) is 4.78. The first-order valence-electron chi connectivity index (χ1n) is 13.1. The number of hydrogen-bond donors (Lipinski definition) is 0. The summed E-state index contributed by atoms with van der Waals surface area (Å²) in [6, 6.07) is 6.81. The Kier molecular flexibility index (Phi) is 7.79. The van der Waals surface area contributed by atoms with Gasteiger partial charge in [-0.3, -0.25) is 4.99 Å². The Labute approximate surface area is 198 Å². The van der Waals surface area contributed by atoms with Gasteiger partial charge in [-0.2, -0.15) is 0 Å². The lowest BCUT2D eigenvalue weighted by Gasteiger charge is -2.21. The van der Waals surface area contributed by atoms with Gasteiger partial charge in [0.2, 0.25) is 0 Å². The van der Waals surface area contributed by atoms with Gasteiger partial charge in [-0.05, 0) is 106 Å². The van der Waals surface area contributed by atoms with Crippen LogP contribution in [0.15, 0.2) is 29.4 Å². The van der Waals surface area contributed by atoms with Crippen LogP contribution in [0.4, 0.5) is 0 Å². The molecule has 0 atom stereocenters. The second-order valence-corrected chi connectivity index (χ2v) is 10.0. The molecule has 1 aromatic heterocycles.